The highest BCUT2D eigenvalue weighted by atomic mass is 35.5. The van der Waals surface area contributed by atoms with E-state index in [2.05, 4.69) is 10.3 Å². The summed E-state index contributed by atoms with van der Waals surface area (Å²) in [6.45, 7) is 2.86. The van der Waals surface area contributed by atoms with Crippen molar-refractivity contribution in [3.63, 3.8) is 0 Å². The van der Waals surface area contributed by atoms with Gasteiger partial charge < -0.3 is 15.0 Å². The van der Waals surface area contributed by atoms with Gasteiger partial charge in [0.25, 0.3) is 5.56 Å². The van der Waals surface area contributed by atoms with Crippen molar-refractivity contribution in [2.24, 2.45) is 14.1 Å². The van der Waals surface area contributed by atoms with Gasteiger partial charge in [0, 0.05) is 38.8 Å². The number of aryl methyl sites for hydroxylation is 2. The first kappa shape index (κ1) is 21.1. The molecule has 0 aliphatic carbocycles. The van der Waals surface area contributed by atoms with Crippen molar-refractivity contribution in [2.45, 2.75) is 32.0 Å². The Hall–Kier alpha value is -1.65. The van der Waals surface area contributed by atoms with Crippen molar-refractivity contribution in [2.75, 3.05) is 6.54 Å². The number of aliphatic hydroxyl groups excluding tert-OH is 1. The van der Waals surface area contributed by atoms with Gasteiger partial charge in [-0.3, -0.25) is 13.9 Å². The minimum Gasteiger partial charge on any atom is -0.387 e. The van der Waals surface area contributed by atoms with E-state index in [-0.39, 0.29) is 11.6 Å². The predicted octanol–water partition coefficient (Wildman–Crippen LogP) is 1.90. The third-order valence-electron chi connectivity index (χ3n) is 4.72. The molecule has 0 fully saturated rings. The largest absolute Gasteiger partial charge is 0.387 e. The summed E-state index contributed by atoms with van der Waals surface area (Å²) in [5.41, 5.74) is 0.612. The zero-order valence-corrected chi connectivity index (χ0v) is 18.0. The van der Waals surface area contributed by atoms with Crippen LogP contribution in [0.25, 0.3) is 11.2 Å². The Labute approximate surface area is 175 Å². The predicted molar refractivity (Wildman–Crippen MR) is 112 cm³/mol. The highest BCUT2D eigenvalue weighted by molar-refractivity contribution is 7.20. The number of rotatable bonds is 7. The fraction of sp³-hybridized carbons (Fsp3) is 0.471. The quantitative estimate of drug-likeness (QED) is 0.578. The van der Waals surface area contributed by atoms with Gasteiger partial charge in [-0.15, -0.1) is 11.3 Å². The van der Waals surface area contributed by atoms with Gasteiger partial charge in [0.1, 0.15) is 4.34 Å². The maximum atomic E-state index is 12.5. The first-order valence-corrected chi connectivity index (χ1v) is 10.2. The van der Waals surface area contributed by atoms with Gasteiger partial charge in [0.15, 0.2) is 11.2 Å². The van der Waals surface area contributed by atoms with Gasteiger partial charge in [0.2, 0.25) is 0 Å². The van der Waals surface area contributed by atoms with E-state index in [0.717, 1.165) is 4.57 Å². The summed E-state index contributed by atoms with van der Waals surface area (Å²) in [5.74, 6) is 0. The Morgan fingerprint density at radius 1 is 1.29 bits per heavy atom. The molecule has 2 unspecified atom stereocenters. The van der Waals surface area contributed by atoms with Crippen LogP contribution in [-0.2, 0) is 20.6 Å². The molecular formula is C17H21Cl2N5O3S. The van der Waals surface area contributed by atoms with Crippen LogP contribution in [0.4, 0.5) is 0 Å². The molecule has 0 bridgehead atoms. The number of thiophene rings is 1. The molecule has 0 saturated heterocycles. The molecule has 11 heteroatoms. The van der Waals surface area contributed by atoms with E-state index in [0.29, 0.717) is 44.9 Å². The lowest BCUT2D eigenvalue weighted by molar-refractivity contribution is 0.170. The fourth-order valence-electron chi connectivity index (χ4n) is 3.00. The number of nitrogens with zero attached hydrogens (tertiary/aromatic N) is 4. The van der Waals surface area contributed by atoms with Gasteiger partial charge >= 0.3 is 5.69 Å². The first-order chi connectivity index (χ1) is 13.2. The van der Waals surface area contributed by atoms with Crippen LogP contribution in [0.3, 0.4) is 0 Å². The summed E-state index contributed by atoms with van der Waals surface area (Å²) in [6, 6.07) is 1.74. The highest BCUT2D eigenvalue weighted by Gasteiger charge is 2.17. The molecule has 3 heterocycles. The topological polar surface area (TPSA) is 94.1 Å². The number of nitrogens with one attached hydrogen (secondary N) is 1. The monoisotopic (exact) mass is 445 g/mol. The maximum Gasteiger partial charge on any atom is 0.332 e. The molecule has 3 rings (SSSR count). The Morgan fingerprint density at radius 2 is 2.00 bits per heavy atom. The number of halogens is 2. The molecule has 3 aromatic rings. The van der Waals surface area contributed by atoms with Crippen LogP contribution in [0.1, 0.15) is 25.0 Å². The van der Waals surface area contributed by atoms with Crippen LogP contribution >= 0.6 is 34.5 Å². The zero-order valence-electron chi connectivity index (χ0n) is 15.6. The lowest BCUT2D eigenvalue weighted by atomic mass is 10.1. The van der Waals surface area contributed by atoms with E-state index in [1.807, 2.05) is 6.92 Å². The van der Waals surface area contributed by atoms with Crippen molar-refractivity contribution in [1.82, 2.24) is 24.0 Å². The second-order valence-electron chi connectivity index (χ2n) is 6.71. The first-order valence-electron chi connectivity index (χ1n) is 8.67. The normalized spacial score (nSPS) is 13.9. The van der Waals surface area contributed by atoms with Crippen LogP contribution < -0.4 is 16.6 Å². The fourth-order valence-corrected chi connectivity index (χ4v) is 4.57. The summed E-state index contributed by atoms with van der Waals surface area (Å²) >= 11 is 13.2. The van der Waals surface area contributed by atoms with Crippen molar-refractivity contribution in [3.05, 3.63) is 47.5 Å². The standard InChI is InChI=1S/C17H21Cl2N5O3S/c1-9(20-7-11(25)10-6-12(18)28-14(10)19)4-5-24-8-21-15-13(24)16(26)23(3)17(27)22(15)2/h6,8-9,11,20,25H,4-5,7H2,1-3H3. The molecule has 0 spiro atoms. The van der Waals surface area contributed by atoms with Gasteiger partial charge in [-0.2, -0.15) is 0 Å². The van der Waals surface area contributed by atoms with Crippen molar-refractivity contribution in [3.8, 4) is 0 Å². The van der Waals surface area contributed by atoms with Crippen LogP contribution in [0.5, 0.6) is 0 Å². The molecule has 0 amide bonds. The molecule has 28 heavy (non-hydrogen) atoms. The molecule has 152 valence electrons. The van der Waals surface area contributed by atoms with Crippen molar-refractivity contribution in [1.29, 1.82) is 0 Å². The third kappa shape index (κ3) is 4.04. The molecule has 2 N–H and O–H groups in total. The minimum atomic E-state index is -0.755. The van der Waals surface area contributed by atoms with E-state index in [9.17, 15) is 14.7 Å². The summed E-state index contributed by atoms with van der Waals surface area (Å²) in [7, 11) is 3.05. The minimum absolute atomic E-state index is 0.0661. The van der Waals surface area contributed by atoms with E-state index in [1.54, 1.807) is 24.0 Å². The van der Waals surface area contributed by atoms with E-state index >= 15 is 0 Å². The molecule has 0 aliphatic heterocycles. The van der Waals surface area contributed by atoms with Gasteiger partial charge in [-0.1, -0.05) is 23.2 Å². The Bertz CT molecular complexity index is 1120. The van der Waals surface area contributed by atoms with Gasteiger partial charge in [-0.05, 0) is 19.4 Å². The molecule has 8 nitrogen and oxygen atoms in total. The average Bonchev–Trinajstić information content (AvgIpc) is 3.23. The Balaban J connectivity index is 1.65. The number of aliphatic hydroxyl groups is 1. The molecular weight excluding hydrogens is 425 g/mol. The summed E-state index contributed by atoms with van der Waals surface area (Å²) < 4.78 is 5.21. The molecule has 0 aromatic carbocycles. The summed E-state index contributed by atoms with van der Waals surface area (Å²) in [4.78, 5) is 28.7. The number of imidazole rings is 1. The summed E-state index contributed by atoms with van der Waals surface area (Å²) in [5, 5.41) is 13.5. The van der Waals surface area contributed by atoms with Gasteiger partial charge in [-0.25, -0.2) is 9.78 Å². The van der Waals surface area contributed by atoms with Crippen LogP contribution in [-0.4, -0.2) is 36.4 Å². The zero-order chi connectivity index (χ0) is 20.6. The van der Waals surface area contributed by atoms with E-state index < -0.39 is 11.8 Å². The Morgan fingerprint density at radius 3 is 2.64 bits per heavy atom. The smallest absolute Gasteiger partial charge is 0.332 e. The molecule has 0 radical (unpaired) electrons. The van der Waals surface area contributed by atoms with E-state index in [4.69, 9.17) is 23.2 Å². The third-order valence-corrected chi connectivity index (χ3v) is 6.24. The van der Waals surface area contributed by atoms with Crippen molar-refractivity contribution < 1.29 is 5.11 Å². The van der Waals surface area contributed by atoms with Crippen LogP contribution in [0, 0.1) is 0 Å². The molecule has 3 aromatic heterocycles. The SMILES string of the molecule is CC(CCn1cnc2c1c(=O)n(C)c(=O)n2C)NCC(O)c1cc(Cl)sc1Cl. The number of aromatic nitrogens is 4. The molecule has 0 saturated carbocycles. The van der Waals surface area contributed by atoms with Gasteiger partial charge in [0.05, 0.1) is 16.8 Å². The number of hydrogen-bond acceptors (Lipinski definition) is 6. The molecule has 2 atom stereocenters. The maximum absolute atomic E-state index is 12.5. The highest BCUT2D eigenvalue weighted by Crippen LogP contribution is 2.34. The van der Waals surface area contributed by atoms with Crippen LogP contribution in [0.2, 0.25) is 8.67 Å². The van der Waals surface area contributed by atoms with Crippen molar-refractivity contribution >= 4 is 45.7 Å². The second kappa shape index (κ2) is 8.38. The number of hydrogen-bond donors (Lipinski definition) is 2. The lowest BCUT2D eigenvalue weighted by Gasteiger charge is -2.17. The number of fused-ring (bicyclic) bond motifs is 1. The second-order valence-corrected chi connectivity index (χ2v) is 8.99. The van der Waals surface area contributed by atoms with Crippen LogP contribution in [0.15, 0.2) is 22.0 Å². The van der Waals surface area contributed by atoms with E-state index in [1.165, 1.54) is 23.0 Å². The summed E-state index contributed by atoms with van der Waals surface area (Å²) in [6.07, 6.45) is 1.51. The molecule has 0 aliphatic rings. The average molecular weight is 446 g/mol. The lowest BCUT2D eigenvalue weighted by Crippen LogP contribution is -2.37. The Kier molecular flexibility index (Phi) is 6.31.